The Hall–Kier alpha value is -3.22. The van der Waals surface area contributed by atoms with Crippen molar-refractivity contribution in [2.45, 2.75) is 38.8 Å². The summed E-state index contributed by atoms with van der Waals surface area (Å²) in [6, 6.07) is 6.89. The molecule has 0 atom stereocenters. The standard InChI is InChI=1S/C21H25N5O2/c27-20(4-1-2-12-25-14-10-22-16-25)18-5-7-19(8-6-18)21(28)24-9-3-13-26-15-11-23-17-26/h5-8,10-11,14-17H,1-4,9,12-13H2,(H,24,28). The fourth-order valence-electron chi connectivity index (χ4n) is 2.94. The molecule has 0 aliphatic heterocycles. The number of hydrogen-bond donors (Lipinski definition) is 1. The zero-order chi connectivity index (χ0) is 19.6. The smallest absolute Gasteiger partial charge is 0.251 e. The third-order valence-corrected chi connectivity index (χ3v) is 4.54. The summed E-state index contributed by atoms with van der Waals surface area (Å²) in [7, 11) is 0. The number of aromatic nitrogens is 4. The summed E-state index contributed by atoms with van der Waals surface area (Å²) < 4.78 is 3.98. The van der Waals surface area contributed by atoms with E-state index in [1.165, 1.54) is 0 Å². The van der Waals surface area contributed by atoms with Crippen molar-refractivity contribution in [3.63, 3.8) is 0 Å². The number of amides is 1. The molecule has 146 valence electrons. The maximum Gasteiger partial charge on any atom is 0.251 e. The van der Waals surface area contributed by atoms with Crippen molar-refractivity contribution >= 4 is 11.7 Å². The molecule has 0 aliphatic carbocycles. The second-order valence-corrected chi connectivity index (χ2v) is 6.67. The summed E-state index contributed by atoms with van der Waals surface area (Å²) >= 11 is 0. The monoisotopic (exact) mass is 379 g/mol. The average Bonchev–Trinajstić information content (AvgIpc) is 3.42. The maximum atomic E-state index is 12.3. The number of carbonyl (C=O) groups is 2. The number of carbonyl (C=O) groups excluding carboxylic acids is 2. The molecule has 0 saturated carbocycles. The quantitative estimate of drug-likeness (QED) is 0.410. The number of hydrogen-bond acceptors (Lipinski definition) is 4. The molecule has 28 heavy (non-hydrogen) atoms. The zero-order valence-corrected chi connectivity index (χ0v) is 15.8. The molecule has 1 amide bonds. The summed E-state index contributed by atoms with van der Waals surface area (Å²) in [5, 5.41) is 2.90. The van der Waals surface area contributed by atoms with Gasteiger partial charge in [-0.15, -0.1) is 0 Å². The SMILES string of the molecule is O=C(CCCCn1ccnc1)c1ccc(C(=O)NCCCn2ccnc2)cc1. The van der Waals surface area contributed by atoms with Gasteiger partial charge in [0.15, 0.2) is 5.78 Å². The minimum Gasteiger partial charge on any atom is -0.352 e. The van der Waals surface area contributed by atoms with E-state index in [1.54, 1.807) is 49.3 Å². The average molecular weight is 379 g/mol. The van der Waals surface area contributed by atoms with Crippen LogP contribution in [0.2, 0.25) is 0 Å². The first-order valence-corrected chi connectivity index (χ1v) is 9.55. The highest BCUT2D eigenvalue weighted by Gasteiger charge is 2.09. The largest absolute Gasteiger partial charge is 0.352 e. The number of Topliss-reactive ketones (excluding diaryl/α,β-unsaturated/α-hetero) is 1. The van der Waals surface area contributed by atoms with Gasteiger partial charge in [0.1, 0.15) is 0 Å². The van der Waals surface area contributed by atoms with E-state index in [2.05, 4.69) is 15.3 Å². The number of aryl methyl sites for hydroxylation is 2. The number of ketones is 1. The van der Waals surface area contributed by atoms with Crippen LogP contribution in [0.4, 0.5) is 0 Å². The summed E-state index contributed by atoms with van der Waals surface area (Å²) in [4.78, 5) is 32.5. The van der Waals surface area contributed by atoms with E-state index in [0.29, 0.717) is 24.1 Å². The van der Waals surface area contributed by atoms with Gasteiger partial charge in [-0.3, -0.25) is 9.59 Å². The fourth-order valence-corrected chi connectivity index (χ4v) is 2.94. The highest BCUT2D eigenvalue weighted by molar-refractivity contribution is 5.98. The predicted octanol–water partition coefficient (Wildman–Crippen LogP) is 2.95. The maximum absolute atomic E-state index is 12.3. The summed E-state index contributed by atoms with van der Waals surface area (Å²) in [6.45, 7) is 2.27. The lowest BCUT2D eigenvalue weighted by atomic mass is 10.0. The van der Waals surface area contributed by atoms with Crippen molar-refractivity contribution in [3.8, 4) is 0 Å². The van der Waals surface area contributed by atoms with Crippen LogP contribution in [-0.2, 0) is 13.1 Å². The van der Waals surface area contributed by atoms with E-state index in [0.717, 1.165) is 32.4 Å². The molecule has 3 rings (SSSR count). The molecule has 0 bridgehead atoms. The van der Waals surface area contributed by atoms with Gasteiger partial charge in [-0.05, 0) is 31.4 Å². The molecule has 2 heterocycles. The number of rotatable bonds is 11. The molecule has 7 nitrogen and oxygen atoms in total. The third-order valence-electron chi connectivity index (χ3n) is 4.54. The van der Waals surface area contributed by atoms with E-state index >= 15 is 0 Å². The Bertz CT molecular complexity index is 782. The van der Waals surface area contributed by atoms with Crippen LogP contribution in [-0.4, -0.2) is 37.3 Å². The predicted molar refractivity (Wildman–Crippen MR) is 106 cm³/mol. The van der Waals surface area contributed by atoms with Crippen LogP contribution in [0.1, 0.15) is 46.4 Å². The van der Waals surface area contributed by atoms with E-state index in [4.69, 9.17) is 0 Å². The lowest BCUT2D eigenvalue weighted by Gasteiger charge is -2.07. The fraction of sp³-hybridized carbons (Fsp3) is 0.333. The van der Waals surface area contributed by atoms with Crippen molar-refractivity contribution in [2.75, 3.05) is 6.54 Å². The van der Waals surface area contributed by atoms with Crippen LogP contribution < -0.4 is 5.32 Å². The summed E-state index contributed by atoms with van der Waals surface area (Å²) in [6.07, 6.45) is 13.9. The molecule has 0 fully saturated rings. The van der Waals surface area contributed by atoms with Gasteiger partial charge in [-0.1, -0.05) is 12.1 Å². The van der Waals surface area contributed by atoms with Gasteiger partial charge in [-0.2, -0.15) is 0 Å². The van der Waals surface area contributed by atoms with Gasteiger partial charge in [0.2, 0.25) is 0 Å². The second-order valence-electron chi connectivity index (χ2n) is 6.67. The molecule has 0 spiro atoms. The van der Waals surface area contributed by atoms with E-state index in [9.17, 15) is 9.59 Å². The lowest BCUT2D eigenvalue weighted by molar-refractivity contribution is 0.0948. The van der Waals surface area contributed by atoms with Gasteiger partial charge in [0.25, 0.3) is 5.91 Å². The molecule has 0 unspecified atom stereocenters. The topological polar surface area (TPSA) is 81.8 Å². The lowest BCUT2D eigenvalue weighted by Crippen LogP contribution is -2.25. The number of nitrogens with zero attached hydrogens (tertiary/aromatic N) is 4. The van der Waals surface area contributed by atoms with Crippen molar-refractivity contribution < 1.29 is 9.59 Å². The Balaban J connectivity index is 1.36. The Morgan fingerprint density at radius 3 is 2.04 bits per heavy atom. The van der Waals surface area contributed by atoms with Gasteiger partial charge in [0.05, 0.1) is 12.7 Å². The highest BCUT2D eigenvalue weighted by atomic mass is 16.1. The van der Waals surface area contributed by atoms with Crippen molar-refractivity contribution in [1.29, 1.82) is 0 Å². The van der Waals surface area contributed by atoms with Crippen molar-refractivity contribution in [1.82, 2.24) is 24.4 Å². The summed E-state index contributed by atoms with van der Waals surface area (Å²) in [5.41, 5.74) is 1.22. The Morgan fingerprint density at radius 2 is 1.43 bits per heavy atom. The van der Waals surface area contributed by atoms with Crippen LogP contribution in [0.3, 0.4) is 0 Å². The number of nitrogens with one attached hydrogen (secondary N) is 1. The van der Waals surface area contributed by atoms with Crippen molar-refractivity contribution in [3.05, 3.63) is 72.8 Å². The van der Waals surface area contributed by atoms with Gasteiger partial charge >= 0.3 is 0 Å². The molecule has 0 radical (unpaired) electrons. The number of benzene rings is 1. The zero-order valence-electron chi connectivity index (χ0n) is 15.8. The van der Waals surface area contributed by atoms with Crippen LogP contribution in [0.15, 0.2) is 61.7 Å². The highest BCUT2D eigenvalue weighted by Crippen LogP contribution is 2.10. The van der Waals surface area contributed by atoms with Gasteiger partial charge in [0, 0.05) is 62.0 Å². The number of unbranched alkanes of at least 4 members (excludes halogenated alkanes) is 1. The molecular weight excluding hydrogens is 354 g/mol. The van der Waals surface area contributed by atoms with E-state index in [1.807, 2.05) is 21.5 Å². The summed E-state index contributed by atoms with van der Waals surface area (Å²) in [5.74, 6) is -0.0112. The van der Waals surface area contributed by atoms with Crippen molar-refractivity contribution in [2.24, 2.45) is 0 Å². The Kier molecular flexibility index (Phi) is 7.12. The first-order chi connectivity index (χ1) is 13.7. The first-order valence-electron chi connectivity index (χ1n) is 9.55. The molecule has 0 aliphatic rings. The molecule has 2 aromatic heterocycles. The molecule has 3 aromatic rings. The van der Waals surface area contributed by atoms with Crippen LogP contribution in [0.5, 0.6) is 0 Å². The third kappa shape index (κ3) is 5.90. The van der Waals surface area contributed by atoms with Gasteiger partial charge < -0.3 is 14.5 Å². The van der Waals surface area contributed by atoms with Gasteiger partial charge in [-0.25, -0.2) is 9.97 Å². The normalized spacial score (nSPS) is 10.7. The van der Waals surface area contributed by atoms with Crippen LogP contribution in [0.25, 0.3) is 0 Å². The molecule has 1 N–H and O–H groups in total. The second kappa shape index (κ2) is 10.2. The minimum absolute atomic E-state index is 0.109. The minimum atomic E-state index is -0.120. The van der Waals surface area contributed by atoms with E-state index < -0.39 is 0 Å². The van der Waals surface area contributed by atoms with E-state index in [-0.39, 0.29) is 11.7 Å². The first kappa shape index (κ1) is 19.5. The number of imidazole rings is 2. The van der Waals surface area contributed by atoms with Crippen LogP contribution in [0, 0.1) is 0 Å². The Labute approximate surface area is 164 Å². The molecule has 7 heteroatoms. The molecule has 1 aromatic carbocycles. The molecular formula is C21H25N5O2. The van der Waals surface area contributed by atoms with Crippen LogP contribution >= 0.6 is 0 Å². The molecule has 0 saturated heterocycles. The Morgan fingerprint density at radius 1 is 0.821 bits per heavy atom.